The second kappa shape index (κ2) is 3.13. The molecule has 0 amide bonds. The summed E-state index contributed by atoms with van der Waals surface area (Å²) in [5.41, 5.74) is 0.417. The summed E-state index contributed by atoms with van der Waals surface area (Å²) in [4.78, 5) is 3.05. The largest absolute Gasteiger partial charge is 0.236 e. The van der Waals surface area contributed by atoms with Crippen LogP contribution < -0.4 is 0 Å². The first kappa shape index (κ1) is 7.08. The Morgan fingerprint density at radius 2 is 2.25 bits per heavy atom. The van der Waals surface area contributed by atoms with E-state index >= 15 is 0 Å². The molecule has 0 atom stereocenters. The van der Waals surface area contributed by atoms with Crippen molar-refractivity contribution in [2.75, 3.05) is 0 Å². The molecule has 0 saturated carbocycles. The van der Waals surface area contributed by atoms with Gasteiger partial charge in [-0.3, -0.25) is 0 Å². The zero-order valence-electron chi connectivity index (χ0n) is 4.82. The van der Waals surface area contributed by atoms with E-state index in [1.807, 2.05) is 0 Å². The van der Waals surface area contributed by atoms with Gasteiger partial charge in [0.2, 0.25) is 5.95 Å². The Kier molecular flexibility index (Phi) is 2.77. The molecule has 44 valence electrons. The standard InChI is InChI=1S/C6H8FN/c1-4-5(2)6(7)8-3/h4H,1,3H2,2H3/b6-5-. The van der Waals surface area contributed by atoms with Gasteiger partial charge in [0, 0.05) is 5.57 Å². The van der Waals surface area contributed by atoms with E-state index in [1.165, 1.54) is 6.08 Å². The third kappa shape index (κ3) is 1.69. The van der Waals surface area contributed by atoms with Crippen molar-refractivity contribution in [3.63, 3.8) is 0 Å². The fourth-order valence-corrected chi connectivity index (χ4v) is 0.209. The van der Waals surface area contributed by atoms with Crippen LogP contribution in [0.25, 0.3) is 0 Å². The van der Waals surface area contributed by atoms with Crippen molar-refractivity contribution in [2.45, 2.75) is 6.92 Å². The normalized spacial score (nSPS) is 12.2. The van der Waals surface area contributed by atoms with Crippen LogP contribution >= 0.6 is 0 Å². The van der Waals surface area contributed by atoms with Gasteiger partial charge in [-0.05, 0) is 13.6 Å². The maximum absolute atomic E-state index is 12.1. The number of allylic oxidation sites excluding steroid dienone is 2. The predicted octanol–water partition coefficient (Wildman–Crippen LogP) is 2.07. The van der Waals surface area contributed by atoms with E-state index in [-0.39, 0.29) is 0 Å². The van der Waals surface area contributed by atoms with Gasteiger partial charge < -0.3 is 0 Å². The predicted molar refractivity (Wildman–Crippen MR) is 33.6 cm³/mol. The fourth-order valence-electron chi connectivity index (χ4n) is 0.209. The maximum Gasteiger partial charge on any atom is 0.215 e. The van der Waals surface area contributed by atoms with Crippen LogP contribution in [-0.2, 0) is 0 Å². The average Bonchev–Trinajstić information content (AvgIpc) is 1.84. The van der Waals surface area contributed by atoms with Crippen molar-refractivity contribution in [1.82, 2.24) is 0 Å². The van der Waals surface area contributed by atoms with Gasteiger partial charge in [0.25, 0.3) is 0 Å². The zero-order chi connectivity index (χ0) is 6.57. The quantitative estimate of drug-likeness (QED) is 0.295. The topological polar surface area (TPSA) is 12.4 Å². The molecule has 0 aliphatic rings. The van der Waals surface area contributed by atoms with E-state index in [0.29, 0.717) is 5.57 Å². The Bertz CT molecular complexity index is 119. The molecule has 1 nitrogen and oxygen atoms in total. The highest BCUT2D eigenvalue weighted by Crippen LogP contribution is 2.05. The molecule has 0 aliphatic heterocycles. The minimum Gasteiger partial charge on any atom is -0.236 e. The van der Waals surface area contributed by atoms with Crippen LogP contribution in [-0.4, -0.2) is 6.72 Å². The van der Waals surface area contributed by atoms with Gasteiger partial charge in [0.1, 0.15) is 0 Å². The summed E-state index contributed by atoms with van der Waals surface area (Å²) < 4.78 is 12.1. The summed E-state index contributed by atoms with van der Waals surface area (Å²) in [6.45, 7) is 7.92. The lowest BCUT2D eigenvalue weighted by Gasteiger charge is -1.86. The third-order valence-electron chi connectivity index (χ3n) is 0.770. The molecular weight excluding hydrogens is 105 g/mol. The first-order valence-electron chi connectivity index (χ1n) is 2.18. The average molecular weight is 113 g/mol. The summed E-state index contributed by atoms with van der Waals surface area (Å²) in [5.74, 6) is -0.556. The van der Waals surface area contributed by atoms with Crippen LogP contribution in [0.5, 0.6) is 0 Å². The molecule has 0 bridgehead atoms. The number of nitrogens with zero attached hydrogens (tertiary/aromatic N) is 1. The highest BCUT2D eigenvalue weighted by molar-refractivity contribution is 5.30. The van der Waals surface area contributed by atoms with E-state index in [1.54, 1.807) is 6.92 Å². The first-order chi connectivity index (χ1) is 3.72. The van der Waals surface area contributed by atoms with Crippen LogP contribution in [0, 0.1) is 0 Å². The Balaban J connectivity index is 4.25. The lowest BCUT2D eigenvalue weighted by Crippen LogP contribution is -1.70. The lowest BCUT2D eigenvalue weighted by molar-refractivity contribution is 0.621. The van der Waals surface area contributed by atoms with Crippen molar-refractivity contribution in [1.29, 1.82) is 0 Å². The minimum absolute atomic E-state index is 0.417. The van der Waals surface area contributed by atoms with Crippen molar-refractivity contribution >= 4 is 6.72 Å². The Morgan fingerprint density at radius 1 is 1.75 bits per heavy atom. The van der Waals surface area contributed by atoms with E-state index in [9.17, 15) is 4.39 Å². The number of aliphatic imine (C=N–C) groups is 1. The van der Waals surface area contributed by atoms with E-state index in [2.05, 4.69) is 18.3 Å². The Labute approximate surface area is 48.2 Å². The molecule has 0 saturated heterocycles. The molecule has 0 radical (unpaired) electrons. The number of halogens is 1. The van der Waals surface area contributed by atoms with Crippen molar-refractivity contribution in [2.24, 2.45) is 4.99 Å². The molecule has 0 spiro atoms. The molecule has 0 aliphatic carbocycles. The van der Waals surface area contributed by atoms with Crippen molar-refractivity contribution in [3.05, 3.63) is 24.2 Å². The molecule has 0 N–H and O–H groups in total. The van der Waals surface area contributed by atoms with Gasteiger partial charge >= 0.3 is 0 Å². The summed E-state index contributed by atoms with van der Waals surface area (Å²) >= 11 is 0. The molecule has 0 heterocycles. The molecule has 0 aromatic carbocycles. The van der Waals surface area contributed by atoms with Crippen LogP contribution in [0.4, 0.5) is 4.39 Å². The smallest absolute Gasteiger partial charge is 0.215 e. The summed E-state index contributed by atoms with van der Waals surface area (Å²) in [7, 11) is 0. The lowest BCUT2D eigenvalue weighted by atomic mass is 10.3. The van der Waals surface area contributed by atoms with E-state index in [4.69, 9.17) is 0 Å². The highest BCUT2D eigenvalue weighted by atomic mass is 19.1. The molecule has 0 unspecified atom stereocenters. The molecule has 0 aromatic rings. The molecule has 8 heavy (non-hydrogen) atoms. The third-order valence-corrected chi connectivity index (χ3v) is 0.770. The SMILES string of the molecule is C=C/C(C)=C(/F)N=C. The first-order valence-corrected chi connectivity index (χ1v) is 2.18. The molecule has 2 heteroatoms. The second-order valence-corrected chi connectivity index (χ2v) is 1.34. The molecule has 0 rings (SSSR count). The van der Waals surface area contributed by atoms with Crippen LogP contribution in [0.1, 0.15) is 6.92 Å². The number of hydrogen-bond donors (Lipinski definition) is 0. The van der Waals surface area contributed by atoms with Gasteiger partial charge in [-0.2, -0.15) is 4.39 Å². The van der Waals surface area contributed by atoms with Crippen LogP contribution in [0.3, 0.4) is 0 Å². The molecule has 0 fully saturated rings. The van der Waals surface area contributed by atoms with Crippen molar-refractivity contribution in [3.8, 4) is 0 Å². The number of rotatable bonds is 2. The summed E-state index contributed by atoms with van der Waals surface area (Å²) in [6.07, 6.45) is 1.39. The maximum atomic E-state index is 12.1. The summed E-state index contributed by atoms with van der Waals surface area (Å²) in [5, 5.41) is 0. The molecule has 0 aromatic heterocycles. The van der Waals surface area contributed by atoms with Gasteiger partial charge in [-0.25, -0.2) is 4.99 Å². The van der Waals surface area contributed by atoms with Gasteiger partial charge in [0.15, 0.2) is 0 Å². The Morgan fingerprint density at radius 3 is 2.38 bits per heavy atom. The van der Waals surface area contributed by atoms with Gasteiger partial charge in [-0.15, -0.1) is 0 Å². The van der Waals surface area contributed by atoms with Crippen molar-refractivity contribution < 1.29 is 4.39 Å². The number of hydrogen-bond acceptors (Lipinski definition) is 1. The van der Waals surface area contributed by atoms with E-state index < -0.39 is 5.95 Å². The second-order valence-electron chi connectivity index (χ2n) is 1.34. The van der Waals surface area contributed by atoms with E-state index in [0.717, 1.165) is 0 Å². The summed E-state index contributed by atoms with van der Waals surface area (Å²) in [6, 6.07) is 0. The molecular formula is C6H8FN. The van der Waals surface area contributed by atoms with Gasteiger partial charge in [-0.1, -0.05) is 12.7 Å². The van der Waals surface area contributed by atoms with Gasteiger partial charge in [0.05, 0.1) is 0 Å². The van der Waals surface area contributed by atoms with Crippen LogP contribution in [0.2, 0.25) is 0 Å². The fraction of sp³-hybridized carbons (Fsp3) is 0.167. The van der Waals surface area contributed by atoms with Crippen LogP contribution in [0.15, 0.2) is 29.2 Å². The monoisotopic (exact) mass is 113 g/mol. The highest BCUT2D eigenvalue weighted by Gasteiger charge is 1.89. The minimum atomic E-state index is -0.556. The zero-order valence-corrected chi connectivity index (χ0v) is 4.82. The Hall–Kier alpha value is -0.920.